The number of halogens is 1. The highest BCUT2D eigenvalue weighted by Crippen LogP contribution is 2.16. The number of aryl methyl sites for hydroxylation is 1. The number of alkyl halides is 1. The summed E-state index contributed by atoms with van der Waals surface area (Å²) in [5.41, 5.74) is 2.67. The van der Waals surface area contributed by atoms with Crippen LogP contribution in [0, 0.1) is 6.92 Å². The molecule has 1 saturated heterocycles. The summed E-state index contributed by atoms with van der Waals surface area (Å²) in [7, 11) is 0. The minimum Gasteiger partial charge on any atom is -0.374 e. The van der Waals surface area contributed by atoms with Crippen molar-refractivity contribution in [2.45, 2.75) is 32.5 Å². The predicted molar refractivity (Wildman–Crippen MR) is 71.5 cm³/mol. The number of ether oxygens (including phenoxy) is 1. The first kappa shape index (κ1) is 12.9. The molecule has 0 aliphatic carbocycles. The molecule has 94 valence electrons. The Bertz CT molecular complexity index is 352. The van der Waals surface area contributed by atoms with Gasteiger partial charge in [0.1, 0.15) is 0 Å². The smallest absolute Gasteiger partial charge is 0.0838 e. The molecule has 0 radical (unpaired) electrons. The zero-order valence-electron chi connectivity index (χ0n) is 10.5. The fourth-order valence-electron chi connectivity index (χ4n) is 2.12. The molecular weight excluding hydrogens is 234 g/mol. The summed E-state index contributed by atoms with van der Waals surface area (Å²) in [4.78, 5) is 2.45. The van der Waals surface area contributed by atoms with Crippen molar-refractivity contribution in [3.63, 3.8) is 0 Å². The van der Waals surface area contributed by atoms with Gasteiger partial charge < -0.3 is 4.74 Å². The van der Waals surface area contributed by atoms with Gasteiger partial charge in [-0.1, -0.05) is 29.8 Å². The molecule has 1 aliphatic heterocycles. The molecule has 1 aliphatic rings. The Morgan fingerprint density at radius 1 is 1.35 bits per heavy atom. The average molecular weight is 254 g/mol. The highest BCUT2D eigenvalue weighted by atomic mass is 35.5. The average Bonchev–Trinajstić information content (AvgIpc) is 2.35. The lowest BCUT2D eigenvalue weighted by Crippen LogP contribution is -2.48. The molecule has 0 aromatic heterocycles. The van der Waals surface area contributed by atoms with Crippen molar-refractivity contribution < 1.29 is 4.74 Å². The standard InChI is InChI=1S/C14H20ClNO/c1-11-3-5-13(6-4-11)8-16-9-14(7-15)17-10-12(16)2/h3-6,12,14H,7-10H2,1-2H3. The van der Waals surface area contributed by atoms with Crippen molar-refractivity contribution in [3.05, 3.63) is 35.4 Å². The van der Waals surface area contributed by atoms with E-state index in [0.717, 1.165) is 19.7 Å². The van der Waals surface area contributed by atoms with E-state index in [2.05, 4.69) is 43.0 Å². The Kier molecular flexibility index (Phi) is 4.43. The van der Waals surface area contributed by atoms with Crippen LogP contribution in [0.15, 0.2) is 24.3 Å². The van der Waals surface area contributed by atoms with Crippen LogP contribution in [-0.2, 0) is 11.3 Å². The maximum absolute atomic E-state index is 5.87. The van der Waals surface area contributed by atoms with E-state index in [1.165, 1.54) is 11.1 Å². The highest BCUT2D eigenvalue weighted by Gasteiger charge is 2.25. The molecule has 0 bridgehead atoms. The summed E-state index contributed by atoms with van der Waals surface area (Å²) in [5, 5.41) is 0. The molecule has 0 N–H and O–H groups in total. The van der Waals surface area contributed by atoms with E-state index in [0.29, 0.717) is 11.9 Å². The molecule has 1 heterocycles. The van der Waals surface area contributed by atoms with Gasteiger partial charge in [-0.15, -0.1) is 11.6 Å². The van der Waals surface area contributed by atoms with E-state index in [9.17, 15) is 0 Å². The maximum atomic E-state index is 5.87. The van der Waals surface area contributed by atoms with Gasteiger partial charge in [0.05, 0.1) is 12.7 Å². The van der Waals surface area contributed by atoms with Gasteiger partial charge in [0, 0.05) is 25.0 Å². The highest BCUT2D eigenvalue weighted by molar-refractivity contribution is 6.18. The van der Waals surface area contributed by atoms with E-state index in [-0.39, 0.29) is 6.10 Å². The third kappa shape index (κ3) is 3.44. The van der Waals surface area contributed by atoms with E-state index < -0.39 is 0 Å². The van der Waals surface area contributed by atoms with Gasteiger partial charge in [-0.2, -0.15) is 0 Å². The van der Waals surface area contributed by atoms with E-state index in [4.69, 9.17) is 16.3 Å². The van der Waals surface area contributed by atoms with E-state index in [1.54, 1.807) is 0 Å². The van der Waals surface area contributed by atoms with Crippen LogP contribution in [0.4, 0.5) is 0 Å². The van der Waals surface area contributed by atoms with Gasteiger partial charge in [0.15, 0.2) is 0 Å². The van der Waals surface area contributed by atoms with Crippen molar-refractivity contribution in [1.82, 2.24) is 4.90 Å². The molecule has 1 aromatic carbocycles. The predicted octanol–water partition coefficient (Wildman–Crippen LogP) is 2.82. The summed E-state index contributed by atoms with van der Waals surface area (Å²) in [6, 6.07) is 9.20. The number of hydrogen-bond donors (Lipinski definition) is 0. The van der Waals surface area contributed by atoms with Crippen LogP contribution in [0.3, 0.4) is 0 Å². The largest absolute Gasteiger partial charge is 0.374 e. The molecular formula is C14H20ClNO. The van der Waals surface area contributed by atoms with Crippen LogP contribution in [0.2, 0.25) is 0 Å². The number of hydrogen-bond acceptors (Lipinski definition) is 2. The van der Waals surface area contributed by atoms with Gasteiger partial charge in [-0.3, -0.25) is 4.90 Å². The Hall–Kier alpha value is -0.570. The first-order chi connectivity index (χ1) is 8.19. The van der Waals surface area contributed by atoms with Crippen LogP contribution in [-0.4, -0.2) is 36.1 Å². The first-order valence-electron chi connectivity index (χ1n) is 6.16. The second kappa shape index (κ2) is 5.85. The van der Waals surface area contributed by atoms with Gasteiger partial charge >= 0.3 is 0 Å². The van der Waals surface area contributed by atoms with Crippen molar-refractivity contribution in [1.29, 1.82) is 0 Å². The second-order valence-corrected chi connectivity index (χ2v) is 5.18. The fourth-order valence-corrected chi connectivity index (χ4v) is 2.30. The van der Waals surface area contributed by atoms with Crippen molar-refractivity contribution in [2.75, 3.05) is 19.0 Å². The molecule has 1 aromatic rings. The summed E-state index contributed by atoms with van der Waals surface area (Å²) >= 11 is 5.87. The summed E-state index contributed by atoms with van der Waals surface area (Å²) < 4.78 is 5.65. The molecule has 1 fully saturated rings. The van der Waals surface area contributed by atoms with Crippen LogP contribution in [0.25, 0.3) is 0 Å². The lowest BCUT2D eigenvalue weighted by molar-refractivity contribution is -0.0510. The third-order valence-corrected chi connectivity index (χ3v) is 3.66. The van der Waals surface area contributed by atoms with Crippen LogP contribution in [0.5, 0.6) is 0 Å². The Labute approximate surface area is 109 Å². The number of morpholine rings is 1. The van der Waals surface area contributed by atoms with Gasteiger partial charge in [-0.25, -0.2) is 0 Å². The molecule has 17 heavy (non-hydrogen) atoms. The van der Waals surface area contributed by atoms with E-state index in [1.807, 2.05) is 0 Å². The van der Waals surface area contributed by atoms with Crippen molar-refractivity contribution in [3.8, 4) is 0 Å². The second-order valence-electron chi connectivity index (χ2n) is 4.87. The Morgan fingerprint density at radius 3 is 2.71 bits per heavy atom. The SMILES string of the molecule is Cc1ccc(CN2CC(CCl)OCC2C)cc1. The molecule has 3 heteroatoms. The van der Waals surface area contributed by atoms with Gasteiger partial charge in [0.2, 0.25) is 0 Å². The molecule has 2 rings (SSSR count). The lowest BCUT2D eigenvalue weighted by atomic mass is 10.1. The summed E-state index contributed by atoms with van der Waals surface area (Å²) in [5.74, 6) is 0.580. The van der Waals surface area contributed by atoms with Crippen LogP contribution < -0.4 is 0 Å². The van der Waals surface area contributed by atoms with Crippen molar-refractivity contribution in [2.24, 2.45) is 0 Å². The molecule has 0 spiro atoms. The molecule has 2 nitrogen and oxygen atoms in total. The number of nitrogens with zero attached hydrogens (tertiary/aromatic N) is 1. The monoisotopic (exact) mass is 253 g/mol. The Morgan fingerprint density at radius 2 is 2.06 bits per heavy atom. The number of rotatable bonds is 3. The van der Waals surface area contributed by atoms with Crippen LogP contribution >= 0.6 is 11.6 Å². The molecule has 0 amide bonds. The van der Waals surface area contributed by atoms with Crippen molar-refractivity contribution >= 4 is 11.6 Å². The topological polar surface area (TPSA) is 12.5 Å². The zero-order valence-corrected chi connectivity index (χ0v) is 11.3. The van der Waals surface area contributed by atoms with Crippen LogP contribution in [0.1, 0.15) is 18.1 Å². The fraction of sp³-hybridized carbons (Fsp3) is 0.571. The number of benzene rings is 1. The van der Waals surface area contributed by atoms with Gasteiger partial charge in [-0.05, 0) is 19.4 Å². The molecule has 2 unspecified atom stereocenters. The van der Waals surface area contributed by atoms with E-state index >= 15 is 0 Å². The third-order valence-electron chi connectivity index (χ3n) is 3.31. The quantitative estimate of drug-likeness (QED) is 0.768. The summed E-state index contributed by atoms with van der Waals surface area (Å²) in [6.45, 7) is 7.02. The normalized spacial score (nSPS) is 26.1. The molecule has 2 atom stereocenters. The molecule has 0 saturated carbocycles. The minimum absolute atomic E-state index is 0.179. The Balaban J connectivity index is 1.98. The first-order valence-corrected chi connectivity index (χ1v) is 6.69. The lowest BCUT2D eigenvalue weighted by Gasteiger charge is -2.37. The minimum atomic E-state index is 0.179. The zero-order chi connectivity index (χ0) is 12.3. The van der Waals surface area contributed by atoms with Gasteiger partial charge in [0.25, 0.3) is 0 Å². The summed E-state index contributed by atoms with van der Waals surface area (Å²) in [6.07, 6.45) is 0.179. The maximum Gasteiger partial charge on any atom is 0.0838 e.